The van der Waals surface area contributed by atoms with Gasteiger partial charge in [0.05, 0.1) is 0 Å². The van der Waals surface area contributed by atoms with Crippen LogP contribution in [0.25, 0.3) is 0 Å². The summed E-state index contributed by atoms with van der Waals surface area (Å²) in [6.45, 7) is 4.30. The van der Waals surface area contributed by atoms with E-state index in [9.17, 15) is 9.59 Å². The lowest BCUT2D eigenvalue weighted by atomic mass is 9.99. The molecule has 4 rings (SSSR count). The van der Waals surface area contributed by atoms with Crippen LogP contribution in [0.1, 0.15) is 52.9 Å². The van der Waals surface area contributed by atoms with E-state index in [-0.39, 0.29) is 11.8 Å². The van der Waals surface area contributed by atoms with E-state index in [1.807, 2.05) is 36.5 Å². The Balaban J connectivity index is 1.69. The normalized spacial score (nSPS) is 19.2. The van der Waals surface area contributed by atoms with E-state index in [4.69, 9.17) is 11.6 Å². The minimum atomic E-state index is -0.768. The van der Waals surface area contributed by atoms with Crippen molar-refractivity contribution in [1.82, 2.24) is 10.7 Å². The van der Waals surface area contributed by atoms with Gasteiger partial charge in [0.25, 0.3) is 5.91 Å². The number of halogens is 1. The first-order chi connectivity index (χ1) is 15.4. The summed E-state index contributed by atoms with van der Waals surface area (Å²) in [4.78, 5) is 25.7. The molecular formula is C26H25ClN3O2+. The SMILES string of the molecule is CC(C)c1ccc(/C=[N+]2\NC(=O)[C@H](NC(=O)c3ccccc3)[C@@H]2c2ccc(Cl)cc2)cc1. The minimum Gasteiger partial charge on any atom is -0.334 e. The van der Waals surface area contributed by atoms with Crippen molar-refractivity contribution in [3.63, 3.8) is 0 Å². The zero-order valence-electron chi connectivity index (χ0n) is 18.0. The summed E-state index contributed by atoms with van der Waals surface area (Å²) >= 11 is 6.08. The molecule has 1 aliphatic heterocycles. The number of rotatable bonds is 5. The number of hydrazine groups is 1. The summed E-state index contributed by atoms with van der Waals surface area (Å²) < 4.78 is 1.76. The van der Waals surface area contributed by atoms with Crippen LogP contribution in [0.2, 0.25) is 5.02 Å². The van der Waals surface area contributed by atoms with Crippen LogP contribution in [0.15, 0.2) is 78.9 Å². The van der Waals surface area contributed by atoms with Gasteiger partial charge in [-0.3, -0.25) is 9.59 Å². The van der Waals surface area contributed by atoms with E-state index >= 15 is 0 Å². The summed E-state index contributed by atoms with van der Waals surface area (Å²) in [6, 6.07) is 23.2. The smallest absolute Gasteiger partial charge is 0.304 e. The van der Waals surface area contributed by atoms with Crippen molar-refractivity contribution in [2.45, 2.75) is 31.8 Å². The Morgan fingerprint density at radius 3 is 2.28 bits per heavy atom. The number of benzene rings is 3. The van der Waals surface area contributed by atoms with Crippen molar-refractivity contribution in [2.75, 3.05) is 0 Å². The third kappa shape index (κ3) is 4.73. The van der Waals surface area contributed by atoms with Crippen molar-refractivity contribution in [1.29, 1.82) is 0 Å². The Morgan fingerprint density at radius 1 is 1.00 bits per heavy atom. The molecule has 0 aromatic heterocycles. The summed E-state index contributed by atoms with van der Waals surface area (Å²) in [5, 5.41) is 3.51. The molecule has 0 spiro atoms. The summed E-state index contributed by atoms with van der Waals surface area (Å²) in [6.07, 6.45) is 1.88. The maximum absolute atomic E-state index is 12.9. The van der Waals surface area contributed by atoms with Crippen LogP contribution in [0.3, 0.4) is 0 Å². The van der Waals surface area contributed by atoms with E-state index in [2.05, 4.69) is 36.7 Å². The first kappa shape index (κ1) is 21.8. The highest BCUT2D eigenvalue weighted by Crippen LogP contribution is 2.27. The predicted molar refractivity (Wildman–Crippen MR) is 126 cm³/mol. The molecule has 32 heavy (non-hydrogen) atoms. The second kappa shape index (κ2) is 9.37. The Hall–Kier alpha value is -3.44. The van der Waals surface area contributed by atoms with Crippen LogP contribution >= 0.6 is 11.6 Å². The van der Waals surface area contributed by atoms with Gasteiger partial charge in [0, 0.05) is 21.7 Å². The van der Waals surface area contributed by atoms with Gasteiger partial charge >= 0.3 is 5.91 Å². The lowest BCUT2D eigenvalue weighted by Gasteiger charge is -2.15. The van der Waals surface area contributed by atoms with Gasteiger partial charge in [0.15, 0.2) is 6.04 Å². The number of carbonyl (C=O) groups is 2. The number of hydrazone groups is 1. The zero-order valence-corrected chi connectivity index (χ0v) is 18.7. The van der Waals surface area contributed by atoms with Crippen LogP contribution in [0, 0.1) is 0 Å². The second-order valence-electron chi connectivity index (χ2n) is 8.15. The first-order valence-electron chi connectivity index (χ1n) is 10.6. The Morgan fingerprint density at radius 2 is 1.66 bits per heavy atom. The molecule has 3 aromatic carbocycles. The molecule has 5 nitrogen and oxygen atoms in total. The van der Waals surface area contributed by atoms with Crippen molar-refractivity contribution in [3.8, 4) is 0 Å². The molecule has 3 aromatic rings. The lowest BCUT2D eigenvalue weighted by Crippen LogP contribution is -2.42. The lowest BCUT2D eigenvalue weighted by molar-refractivity contribution is -0.596. The van der Waals surface area contributed by atoms with Gasteiger partial charge in [-0.1, -0.05) is 67.9 Å². The van der Waals surface area contributed by atoms with E-state index in [0.717, 1.165) is 11.1 Å². The fraction of sp³-hybridized carbons (Fsp3) is 0.192. The van der Waals surface area contributed by atoms with Crippen LogP contribution in [-0.2, 0) is 4.79 Å². The fourth-order valence-electron chi connectivity index (χ4n) is 3.78. The van der Waals surface area contributed by atoms with Gasteiger partial charge in [-0.25, -0.2) is 0 Å². The first-order valence-corrected chi connectivity index (χ1v) is 11.0. The minimum absolute atomic E-state index is 0.274. The third-order valence-corrected chi connectivity index (χ3v) is 5.81. The molecule has 2 N–H and O–H groups in total. The number of nitrogens with zero attached hydrogens (tertiary/aromatic N) is 1. The monoisotopic (exact) mass is 446 g/mol. The van der Waals surface area contributed by atoms with Gasteiger partial charge in [-0.05, 0) is 47.9 Å². The Labute approximate surface area is 192 Å². The zero-order chi connectivity index (χ0) is 22.7. The van der Waals surface area contributed by atoms with Crippen LogP contribution in [-0.4, -0.2) is 28.8 Å². The van der Waals surface area contributed by atoms with Gasteiger partial charge < -0.3 is 5.32 Å². The number of carbonyl (C=O) groups excluding carboxylic acids is 2. The predicted octanol–water partition coefficient (Wildman–Crippen LogP) is 4.48. The van der Waals surface area contributed by atoms with Gasteiger partial charge in [-0.2, -0.15) is 0 Å². The highest BCUT2D eigenvalue weighted by molar-refractivity contribution is 6.30. The molecule has 0 unspecified atom stereocenters. The van der Waals surface area contributed by atoms with Crippen molar-refractivity contribution < 1.29 is 14.3 Å². The van der Waals surface area contributed by atoms with Crippen molar-refractivity contribution in [3.05, 3.63) is 106 Å². The standard InChI is InChI=1S/C26H24ClN3O2/c1-17(2)19-10-8-18(9-11-19)16-30-24(20-12-14-22(27)15-13-20)23(26(32)29-30)28-25(31)21-6-4-3-5-7-21/h3-17,23-24H,1-2H3,(H-,28,29,31,32)/p+1/b30-16-/t23-,24+/m1/s1. The second-order valence-corrected chi connectivity index (χ2v) is 8.58. The topological polar surface area (TPSA) is 61.2 Å². The maximum atomic E-state index is 12.9. The Kier molecular flexibility index (Phi) is 6.37. The average Bonchev–Trinajstić information content (AvgIpc) is 3.09. The van der Waals surface area contributed by atoms with Gasteiger partial charge in [0.2, 0.25) is 12.3 Å². The average molecular weight is 447 g/mol. The van der Waals surface area contributed by atoms with Crippen molar-refractivity contribution >= 4 is 29.6 Å². The molecule has 1 heterocycles. The van der Waals surface area contributed by atoms with E-state index in [1.54, 1.807) is 41.1 Å². The molecule has 2 amide bonds. The molecule has 0 aliphatic carbocycles. The van der Waals surface area contributed by atoms with Crippen LogP contribution in [0.4, 0.5) is 0 Å². The molecule has 0 saturated carbocycles. The van der Waals surface area contributed by atoms with Crippen LogP contribution in [0.5, 0.6) is 0 Å². The highest BCUT2D eigenvalue weighted by Gasteiger charge is 2.47. The summed E-state index contributed by atoms with van der Waals surface area (Å²) in [5.41, 5.74) is 6.46. The Bertz CT molecular complexity index is 1140. The molecule has 2 atom stereocenters. The summed E-state index contributed by atoms with van der Waals surface area (Å²) in [7, 11) is 0. The number of nitrogens with one attached hydrogen (secondary N) is 2. The summed E-state index contributed by atoms with van der Waals surface area (Å²) in [5.74, 6) is -0.132. The van der Waals surface area contributed by atoms with Crippen LogP contribution < -0.4 is 10.7 Å². The molecular weight excluding hydrogens is 422 g/mol. The molecule has 0 radical (unpaired) electrons. The largest absolute Gasteiger partial charge is 0.334 e. The number of amides is 2. The highest BCUT2D eigenvalue weighted by atomic mass is 35.5. The van der Waals surface area contributed by atoms with E-state index in [0.29, 0.717) is 16.5 Å². The van der Waals surface area contributed by atoms with Gasteiger partial charge in [-0.15, -0.1) is 10.1 Å². The van der Waals surface area contributed by atoms with Gasteiger partial charge in [0.1, 0.15) is 0 Å². The van der Waals surface area contributed by atoms with Crippen molar-refractivity contribution in [2.24, 2.45) is 0 Å². The molecule has 1 aliphatic rings. The van der Waals surface area contributed by atoms with E-state index in [1.165, 1.54) is 5.56 Å². The third-order valence-electron chi connectivity index (χ3n) is 5.56. The molecule has 0 bridgehead atoms. The number of hydrogen-bond donors (Lipinski definition) is 2. The molecule has 1 fully saturated rings. The quantitative estimate of drug-likeness (QED) is 0.567. The molecule has 6 heteroatoms. The van der Waals surface area contributed by atoms with E-state index < -0.39 is 12.1 Å². The molecule has 162 valence electrons. The fourth-order valence-corrected chi connectivity index (χ4v) is 3.91. The molecule has 1 saturated heterocycles. The maximum Gasteiger partial charge on any atom is 0.304 e. The number of hydrogen-bond acceptors (Lipinski definition) is 2.